The van der Waals surface area contributed by atoms with E-state index in [1.165, 1.54) is 24.3 Å². The standard InChI is InChI=1S/C19H22F3N2O6P/c1-3-13(2)30-31(26,27)12-24-17(25)11-28-15-5-7-16(8-6-15)29-18-9-4-14(10-23-18)19(20,21)22/h4-10,13H,3,11-12H2,1-2H3,(H,24,25)(H,26,27). The number of hydrogen-bond donors (Lipinski definition) is 2. The summed E-state index contributed by atoms with van der Waals surface area (Å²) in [6.07, 6.45) is -4.21. The fourth-order valence-corrected chi connectivity index (χ4v) is 3.28. The first-order chi connectivity index (χ1) is 14.5. The summed E-state index contributed by atoms with van der Waals surface area (Å²) in [7, 11) is -3.94. The molecule has 1 heterocycles. The Kier molecular flexibility index (Phi) is 8.43. The maximum absolute atomic E-state index is 12.5. The van der Waals surface area contributed by atoms with Gasteiger partial charge in [0.05, 0.1) is 11.7 Å². The molecule has 170 valence electrons. The Morgan fingerprint density at radius 2 is 1.84 bits per heavy atom. The van der Waals surface area contributed by atoms with Crippen LogP contribution in [-0.2, 0) is 20.1 Å². The number of benzene rings is 1. The van der Waals surface area contributed by atoms with E-state index in [4.69, 9.17) is 14.0 Å². The molecule has 1 aromatic heterocycles. The Balaban J connectivity index is 1.80. The Morgan fingerprint density at radius 3 is 2.39 bits per heavy atom. The summed E-state index contributed by atoms with van der Waals surface area (Å²) in [4.78, 5) is 25.1. The second-order valence-corrected chi connectivity index (χ2v) is 8.27. The monoisotopic (exact) mass is 462 g/mol. The summed E-state index contributed by atoms with van der Waals surface area (Å²) < 4.78 is 65.0. The number of carbonyl (C=O) groups is 1. The van der Waals surface area contributed by atoms with E-state index in [1.54, 1.807) is 13.8 Å². The lowest BCUT2D eigenvalue weighted by Crippen LogP contribution is -2.30. The van der Waals surface area contributed by atoms with E-state index in [9.17, 15) is 27.4 Å². The number of pyridine rings is 1. The molecule has 1 aromatic carbocycles. The van der Waals surface area contributed by atoms with Crippen molar-refractivity contribution < 1.29 is 41.4 Å². The lowest BCUT2D eigenvalue weighted by molar-refractivity contribution is -0.137. The van der Waals surface area contributed by atoms with E-state index >= 15 is 0 Å². The van der Waals surface area contributed by atoms with Crippen molar-refractivity contribution in [2.75, 3.05) is 12.9 Å². The molecule has 12 heteroatoms. The molecule has 0 spiro atoms. The van der Waals surface area contributed by atoms with E-state index in [1.807, 2.05) is 0 Å². The minimum atomic E-state index is -4.48. The predicted molar refractivity (Wildman–Crippen MR) is 105 cm³/mol. The number of amides is 1. The highest BCUT2D eigenvalue weighted by Gasteiger charge is 2.30. The molecule has 0 saturated heterocycles. The zero-order valence-electron chi connectivity index (χ0n) is 16.8. The third kappa shape index (κ3) is 8.56. The van der Waals surface area contributed by atoms with E-state index in [-0.39, 0.29) is 5.88 Å². The summed E-state index contributed by atoms with van der Waals surface area (Å²) in [5.41, 5.74) is -0.883. The normalized spacial score (nSPS) is 14.4. The Labute approximate surface area is 176 Å². The van der Waals surface area contributed by atoms with Crippen molar-refractivity contribution in [3.05, 3.63) is 48.2 Å². The maximum atomic E-state index is 12.5. The van der Waals surface area contributed by atoms with Crippen LogP contribution in [0.15, 0.2) is 42.6 Å². The Bertz CT molecular complexity index is 906. The van der Waals surface area contributed by atoms with Crippen molar-refractivity contribution in [1.29, 1.82) is 0 Å². The Hall–Kier alpha value is -2.62. The zero-order chi connectivity index (χ0) is 23.1. The largest absolute Gasteiger partial charge is 0.484 e. The van der Waals surface area contributed by atoms with Crippen LogP contribution in [0, 0.1) is 0 Å². The highest BCUT2D eigenvalue weighted by atomic mass is 31.2. The van der Waals surface area contributed by atoms with Crippen LogP contribution in [0.5, 0.6) is 17.4 Å². The molecule has 0 fully saturated rings. The number of alkyl halides is 3. The minimum Gasteiger partial charge on any atom is -0.484 e. The van der Waals surface area contributed by atoms with Crippen LogP contribution in [0.2, 0.25) is 0 Å². The van der Waals surface area contributed by atoms with Crippen LogP contribution in [0.25, 0.3) is 0 Å². The van der Waals surface area contributed by atoms with Crippen molar-refractivity contribution in [2.45, 2.75) is 32.5 Å². The van der Waals surface area contributed by atoms with Gasteiger partial charge in [-0.25, -0.2) is 4.98 Å². The van der Waals surface area contributed by atoms with Crippen molar-refractivity contribution in [1.82, 2.24) is 10.3 Å². The second kappa shape index (κ2) is 10.6. The molecule has 0 bridgehead atoms. The van der Waals surface area contributed by atoms with Gasteiger partial charge in [0.25, 0.3) is 5.91 Å². The molecular weight excluding hydrogens is 440 g/mol. The van der Waals surface area contributed by atoms with Gasteiger partial charge in [0.15, 0.2) is 6.61 Å². The molecule has 0 aliphatic heterocycles. The molecule has 31 heavy (non-hydrogen) atoms. The molecule has 0 aliphatic rings. The van der Waals surface area contributed by atoms with Crippen molar-refractivity contribution >= 4 is 13.5 Å². The fourth-order valence-electron chi connectivity index (χ4n) is 2.11. The average Bonchev–Trinajstić information content (AvgIpc) is 2.71. The number of halogens is 3. The van der Waals surface area contributed by atoms with Crippen LogP contribution in [0.3, 0.4) is 0 Å². The van der Waals surface area contributed by atoms with Gasteiger partial charge in [0.2, 0.25) is 5.88 Å². The molecule has 1 amide bonds. The van der Waals surface area contributed by atoms with Gasteiger partial charge in [-0.1, -0.05) is 6.92 Å². The number of nitrogens with zero attached hydrogens (tertiary/aromatic N) is 1. The quantitative estimate of drug-likeness (QED) is 0.506. The van der Waals surface area contributed by atoms with Crippen LogP contribution in [0.4, 0.5) is 13.2 Å². The number of rotatable bonds is 10. The lowest BCUT2D eigenvalue weighted by atomic mass is 10.3. The first-order valence-electron chi connectivity index (χ1n) is 9.19. The minimum absolute atomic E-state index is 0.0194. The summed E-state index contributed by atoms with van der Waals surface area (Å²) in [5, 5.41) is 2.27. The van der Waals surface area contributed by atoms with Crippen LogP contribution < -0.4 is 14.8 Å². The molecule has 0 radical (unpaired) electrons. The number of ether oxygens (including phenoxy) is 2. The van der Waals surface area contributed by atoms with Gasteiger partial charge in [0, 0.05) is 12.3 Å². The van der Waals surface area contributed by atoms with Gasteiger partial charge in [-0.15, -0.1) is 0 Å². The number of carbonyl (C=O) groups excluding carboxylic acids is 1. The lowest BCUT2D eigenvalue weighted by Gasteiger charge is -2.17. The molecule has 2 N–H and O–H groups in total. The molecule has 0 saturated carbocycles. The van der Waals surface area contributed by atoms with Crippen molar-refractivity contribution in [2.24, 2.45) is 0 Å². The van der Waals surface area contributed by atoms with E-state index < -0.39 is 44.2 Å². The molecular formula is C19H22F3N2O6P. The van der Waals surface area contributed by atoms with Crippen LogP contribution >= 0.6 is 7.60 Å². The Morgan fingerprint density at radius 1 is 1.19 bits per heavy atom. The molecule has 2 atom stereocenters. The zero-order valence-corrected chi connectivity index (χ0v) is 17.7. The molecule has 2 rings (SSSR count). The maximum Gasteiger partial charge on any atom is 0.417 e. The molecule has 8 nitrogen and oxygen atoms in total. The fraction of sp³-hybridized carbons (Fsp3) is 0.368. The summed E-state index contributed by atoms with van der Waals surface area (Å²) in [6.45, 7) is 3.05. The van der Waals surface area contributed by atoms with E-state index in [0.717, 1.165) is 12.1 Å². The van der Waals surface area contributed by atoms with Crippen molar-refractivity contribution in [3.63, 3.8) is 0 Å². The van der Waals surface area contributed by atoms with Gasteiger partial charge in [-0.3, -0.25) is 9.36 Å². The number of aromatic nitrogens is 1. The third-order valence-electron chi connectivity index (χ3n) is 3.88. The van der Waals surface area contributed by atoms with Crippen LogP contribution in [-0.4, -0.2) is 34.8 Å². The van der Waals surface area contributed by atoms with E-state index in [2.05, 4.69) is 10.3 Å². The first-order valence-corrected chi connectivity index (χ1v) is 11.0. The van der Waals surface area contributed by atoms with Crippen molar-refractivity contribution in [3.8, 4) is 17.4 Å². The molecule has 2 unspecified atom stereocenters. The highest BCUT2D eigenvalue weighted by Crippen LogP contribution is 2.42. The van der Waals surface area contributed by atoms with Gasteiger partial charge in [0.1, 0.15) is 17.8 Å². The number of hydrogen-bond acceptors (Lipinski definition) is 6. The summed E-state index contributed by atoms with van der Waals surface area (Å²) in [6, 6.07) is 7.88. The molecule has 2 aromatic rings. The SMILES string of the molecule is CCC(C)OP(=O)(O)CNC(=O)COc1ccc(Oc2ccc(C(F)(F)F)cn2)cc1. The van der Waals surface area contributed by atoms with Gasteiger partial charge < -0.3 is 24.2 Å². The number of nitrogens with one attached hydrogen (secondary N) is 1. The summed E-state index contributed by atoms with van der Waals surface area (Å²) in [5.74, 6) is -0.0243. The second-order valence-electron chi connectivity index (χ2n) is 6.46. The highest BCUT2D eigenvalue weighted by molar-refractivity contribution is 7.52. The van der Waals surface area contributed by atoms with Gasteiger partial charge >= 0.3 is 13.8 Å². The average molecular weight is 462 g/mol. The summed E-state index contributed by atoms with van der Waals surface area (Å²) >= 11 is 0. The van der Waals surface area contributed by atoms with Gasteiger partial charge in [-0.05, 0) is 43.7 Å². The molecule has 0 aliphatic carbocycles. The van der Waals surface area contributed by atoms with Gasteiger partial charge in [-0.2, -0.15) is 13.2 Å². The predicted octanol–water partition coefficient (Wildman–Crippen LogP) is 4.35. The topological polar surface area (TPSA) is 107 Å². The smallest absolute Gasteiger partial charge is 0.417 e. The third-order valence-corrected chi connectivity index (χ3v) is 5.12. The van der Waals surface area contributed by atoms with Crippen LogP contribution in [0.1, 0.15) is 25.8 Å². The first kappa shape index (κ1) is 24.6. The van der Waals surface area contributed by atoms with E-state index in [0.29, 0.717) is 24.1 Å².